The number of H-pyrrole nitrogens is 2. The second-order valence-electron chi connectivity index (χ2n) is 7.58. The van der Waals surface area contributed by atoms with Gasteiger partial charge < -0.3 is 19.3 Å². The van der Waals surface area contributed by atoms with Gasteiger partial charge >= 0.3 is 5.69 Å². The number of rotatable bonds is 4. The summed E-state index contributed by atoms with van der Waals surface area (Å²) in [6, 6.07) is 8.61. The lowest BCUT2D eigenvalue weighted by molar-refractivity contribution is 0.303. The molecule has 2 aromatic carbocycles. The number of pyridine rings is 1. The smallest absolute Gasteiger partial charge is 0.326 e. The number of nitrogens with zero attached hydrogens (tertiary/aromatic N) is 2. The Morgan fingerprint density at radius 3 is 2.59 bits per heavy atom. The number of halogens is 2. The largest absolute Gasteiger partial charge is 0.486 e. The number of benzene rings is 2. The summed E-state index contributed by atoms with van der Waals surface area (Å²) < 4.78 is 36.4. The van der Waals surface area contributed by atoms with Crippen molar-refractivity contribution in [2.75, 3.05) is 0 Å². The van der Waals surface area contributed by atoms with E-state index in [9.17, 15) is 18.4 Å². The lowest BCUT2D eigenvalue weighted by atomic mass is 10.0. The molecule has 0 aliphatic heterocycles. The molecule has 0 radical (unpaired) electrons. The van der Waals surface area contributed by atoms with E-state index in [1.54, 1.807) is 44.7 Å². The van der Waals surface area contributed by atoms with Crippen molar-refractivity contribution in [1.82, 2.24) is 19.1 Å². The third kappa shape index (κ3) is 3.01. The van der Waals surface area contributed by atoms with Gasteiger partial charge in [-0.3, -0.25) is 9.36 Å². The van der Waals surface area contributed by atoms with E-state index in [0.29, 0.717) is 38.8 Å². The van der Waals surface area contributed by atoms with Crippen LogP contribution in [0.5, 0.6) is 5.75 Å². The summed E-state index contributed by atoms with van der Waals surface area (Å²) in [6.45, 7) is -0.183. The number of hydrogen-bond donors (Lipinski definition) is 2. The van der Waals surface area contributed by atoms with E-state index in [1.165, 1.54) is 15.2 Å². The van der Waals surface area contributed by atoms with Gasteiger partial charge in [-0.05, 0) is 30.3 Å². The molecule has 3 heterocycles. The van der Waals surface area contributed by atoms with Crippen molar-refractivity contribution in [3.63, 3.8) is 0 Å². The summed E-state index contributed by atoms with van der Waals surface area (Å²) in [6.07, 6.45) is 3.36. The summed E-state index contributed by atoms with van der Waals surface area (Å²) in [7, 11) is 3.27. The Kier molecular flexibility index (Phi) is 4.47. The van der Waals surface area contributed by atoms with E-state index >= 15 is 0 Å². The van der Waals surface area contributed by atoms with Crippen LogP contribution in [0.1, 0.15) is 5.56 Å². The van der Waals surface area contributed by atoms with Crippen molar-refractivity contribution in [1.29, 1.82) is 0 Å². The number of aromatic nitrogens is 4. The summed E-state index contributed by atoms with van der Waals surface area (Å²) in [5.41, 5.74) is 2.44. The maximum absolute atomic E-state index is 14.2. The maximum Gasteiger partial charge on any atom is 0.326 e. The van der Waals surface area contributed by atoms with Gasteiger partial charge in [0.05, 0.1) is 5.52 Å². The van der Waals surface area contributed by atoms with Gasteiger partial charge in [-0.15, -0.1) is 0 Å². The van der Waals surface area contributed by atoms with E-state index in [1.807, 2.05) is 0 Å². The van der Waals surface area contributed by atoms with Crippen LogP contribution in [0, 0.1) is 11.6 Å². The Morgan fingerprint density at radius 2 is 1.81 bits per heavy atom. The van der Waals surface area contributed by atoms with Gasteiger partial charge in [0.2, 0.25) is 0 Å². The quantitative estimate of drug-likeness (QED) is 0.452. The minimum Gasteiger partial charge on any atom is -0.486 e. The van der Waals surface area contributed by atoms with Gasteiger partial charge in [-0.25, -0.2) is 13.6 Å². The molecule has 5 rings (SSSR count). The molecule has 0 saturated carbocycles. The van der Waals surface area contributed by atoms with Crippen molar-refractivity contribution < 1.29 is 13.5 Å². The highest BCUT2D eigenvalue weighted by atomic mass is 19.1. The molecule has 32 heavy (non-hydrogen) atoms. The topological polar surface area (TPSA) is 84.8 Å². The summed E-state index contributed by atoms with van der Waals surface area (Å²) in [4.78, 5) is 30.5. The third-order valence-electron chi connectivity index (χ3n) is 5.61. The van der Waals surface area contributed by atoms with Crippen molar-refractivity contribution in [3.8, 4) is 16.9 Å². The molecule has 0 fully saturated rings. The lowest BCUT2D eigenvalue weighted by Crippen LogP contribution is -2.16. The number of ether oxygens (including phenoxy) is 1. The fraction of sp³-hybridized carbons (Fsp3) is 0.130. The summed E-state index contributed by atoms with van der Waals surface area (Å²) >= 11 is 0. The first-order valence-electron chi connectivity index (χ1n) is 9.80. The molecular weight excluding hydrogens is 418 g/mol. The highest BCUT2D eigenvalue weighted by Crippen LogP contribution is 2.38. The molecule has 0 bridgehead atoms. The Labute approximate surface area is 179 Å². The molecule has 2 N–H and O–H groups in total. The first-order valence-corrected chi connectivity index (χ1v) is 9.80. The van der Waals surface area contributed by atoms with Crippen LogP contribution in [0.3, 0.4) is 0 Å². The van der Waals surface area contributed by atoms with E-state index in [0.717, 1.165) is 12.1 Å². The number of fused-ring (bicyclic) bond motifs is 2. The lowest BCUT2D eigenvalue weighted by Gasteiger charge is -2.15. The van der Waals surface area contributed by atoms with Gasteiger partial charge in [-0.1, -0.05) is 0 Å². The Hall–Kier alpha value is -4.14. The van der Waals surface area contributed by atoms with Gasteiger partial charge in [0.1, 0.15) is 29.3 Å². The average molecular weight is 436 g/mol. The van der Waals surface area contributed by atoms with Gasteiger partial charge in [-0.2, -0.15) is 0 Å². The van der Waals surface area contributed by atoms with Gasteiger partial charge in [0.15, 0.2) is 5.75 Å². The number of nitrogens with one attached hydrogen (secondary N) is 2. The first kappa shape index (κ1) is 19.8. The van der Waals surface area contributed by atoms with Crippen LogP contribution in [-0.4, -0.2) is 19.1 Å². The van der Waals surface area contributed by atoms with Crippen molar-refractivity contribution in [2.24, 2.45) is 14.1 Å². The highest BCUT2D eigenvalue weighted by molar-refractivity contribution is 6.00. The molecule has 3 aromatic heterocycles. The van der Waals surface area contributed by atoms with Crippen LogP contribution in [0.2, 0.25) is 0 Å². The zero-order valence-electron chi connectivity index (χ0n) is 17.2. The maximum atomic E-state index is 14.2. The summed E-state index contributed by atoms with van der Waals surface area (Å²) in [5.74, 6) is -1.08. The first-order chi connectivity index (χ1) is 15.3. The Balaban J connectivity index is 1.74. The Morgan fingerprint density at radius 1 is 1.00 bits per heavy atom. The molecule has 0 aliphatic carbocycles. The average Bonchev–Trinajstić information content (AvgIpc) is 3.36. The highest BCUT2D eigenvalue weighted by Gasteiger charge is 2.19. The minimum absolute atomic E-state index is 0.167. The molecule has 0 aliphatic rings. The number of imidazole rings is 1. The van der Waals surface area contributed by atoms with E-state index in [2.05, 4.69) is 9.97 Å². The van der Waals surface area contributed by atoms with E-state index in [4.69, 9.17) is 4.74 Å². The molecule has 9 heteroatoms. The zero-order valence-corrected chi connectivity index (χ0v) is 17.2. The molecule has 0 saturated heterocycles. The fourth-order valence-electron chi connectivity index (χ4n) is 3.91. The fourth-order valence-corrected chi connectivity index (χ4v) is 3.91. The standard InChI is InChI=1S/C23H18F2N4O3/c1-28-10-16(14-7-8-26-19(14)22(28)30)15-5-6-18-20(27-23(31)29(18)2)21(15)32-11-12-3-4-13(24)9-17(12)25/h3-10,26H,11H2,1-2H3,(H,27,31). The minimum atomic E-state index is -0.726. The van der Waals surface area contributed by atoms with Crippen molar-refractivity contribution >= 4 is 21.9 Å². The zero-order chi connectivity index (χ0) is 22.6. The second kappa shape index (κ2) is 7.23. The number of hydrogen-bond acceptors (Lipinski definition) is 3. The monoisotopic (exact) mass is 436 g/mol. The molecule has 162 valence electrons. The second-order valence-corrected chi connectivity index (χ2v) is 7.58. The van der Waals surface area contributed by atoms with Crippen molar-refractivity contribution in [3.05, 3.63) is 86.8 Å². The number of aryl methyl sites for hydroxylation is 2. The van der Waals surface area contributed by atoms with Crippen LogP contribution < -0.4 is 16.0 Å². The van der Waals surface area contributed by atoms with Crippen LogP contribution in [0.15, 0.2) is 58.4 Å². The van der Waals surface area contributed by atoms with Crippen LogP contribution in [-0.2, 0) is 20.7 Å². The molecule has 0 unspecified atom stereocenters. The van der Waals surface area contributed by atoms with Crippen LogP contribution >= 0.6 is 0 Å². The van der Waals surface area contributed by atoms with E-state index < -0.39 is 11.6 Å². The molecule has 0 amide bonds. The van der Waals surface area contributed by atoms with Gasteiger partial charge in [0, 0.05) is 54.6 Å². The predicted molar refractivity (Wildman–Crippen MR) is 117 cm³/mol. The molecule has 5 aromatic rings. The van der Waals surface area contributed by atoms with Crippen molar-refractivity contribution in [2.45, 2.75) is 6.61 Å². The van der Waals surface area contributed by atoms with Crippen LogP contribution in [0.25, 0.3) is 33.1 Å². The summed E-state index contributed by atoms with van der Waals surface area (Å²) in [5, 5.41) is 0.684. The predicted octanol–water partition coefficient (Wildman–Crippen LogP) is 3.57. The molecule has 0 spiro atoms. The van der Waals surface area contributed by atoms with Crippen LogP contribution in [0.4, 0.5) is 8.78 Å². The SMILES string of the molecule is Cn1cc(-c2ccc3c([nH]c(=O)n3C)c2OCc2ccc(F)cc2F)c2cc[nH]c2c1=O. The number of aromatic amines is 2. The molecule has 7 nitrogen and oxygen atoms in total. The third-order valence-corrected chi connectivity index (χ3v) is 5.61. The van der Waals surface area contributed by atoms with Gasteiger partial charge in [0.25, 0.3) is 5.56 Å². The van der Waals surface area contributed by atoms with E-state index in [-0.39, 0.29) is 23.4 Å². The molecule has 0 atom stereocenters. The normalized spacial score (nSPS) is 11.5. The Bertz CT molecular complexity index is 1620. The molecular formula is C23H18F2N4O3.